The van der Waals surface area contributed by atoms with Crippen molar-refractivity contribution in [3.8, 4) is 0 Å². The molecule has 0 saturated carbocycles. The molecule has 1 saturated heterocycles. The van der Waals surface area contributed by atoms with Gasteiger partial charge in [0.1, 0.15) is 11.4 Å². The van der Waals surface area contributed by atoms with Crippen LogP contribution >= 0.6 is 11.6 Å². The Bertz CT molecular complexity index is 752. The number of nitrogens with zero attached hydrogens (tertiary/aromatic N) is 2. The minimum Gasteiger partial charge on any atom is -0.359 e. The Morgan fingerprint density at radius 3 is 2.87 bits per heavy atom. The second-order valence-corrected chi connectivity index (χ2v) is 6.01. The molecule has 1 atom stereocenters. The summed E-state index contributed by atoms with van der Waals surface area (Å²) < 4.78 is 5.03. The number of benzene rings is 1. The topological polar surface area (TPSA) is 75.4 Å². The number of anilines is 2. The Labute approximate surface area is 138 Å². The Morgan fingerprint density at radius 2 is 2.22 bits per heavy atom. The number of aromatic nitrogens is 1. The SMILES string of the molecule is Cc1noc(C)c1NC(=O)[C@@H]1CC(=O)N(c2cccc(Cl)c2)C1. The molecule has 1 fully saturated rings. The van der Waals surface area contributed by atoms with Crippen molar-refractivity contribution >= 4 is 34.8 Å². The van der Waals surface area contributed by atoms with Gasteiger partial charge in [-0.3, -0.25) is 9.59 Å². The summed E-state index contributed by atoms with van der Waals surface area (Å²) in [6, 6.07) is 7.04. The number of carbonyl (C=O) groups excluding carboxylic acids is 2. The number of carbonyl (C=O) groups is 2. The summed E-state index contributed by atoms with van der Waals surface area (Å²) in [6.07, 6.45) is 0.168. The molecule has 1 aromatic carbocycles. The summed E-state index contributed by atoms with van der Waals surface area (Å²) in [7, 11) is 0. The van der Waals surface area contributed by atoms with Crippen LogP contribution in [0.3, 0.4) is 0 Å². The van der Waals surface area contributed by atoms with Crippen LogP contribution < -0.4 is 10.2 Å². The first kappa shape index (κ1) is 15.6. The summed E-state index contributed by atoms with van der Waals surface area (Å²) in [6.45, 7) is 3.81. The average Bonchev–Trinajstić information content (AvgIpc) is 3.05. The first-order valence-electron chi connectivity index (χ1n) is 7.25. The summed E-state index contributed by atoms with van der Waals surface area (Å²) >= 11 is 5.96. The Hall–Kier alpha value is -2.34. The van der Waals surface area contributed by atoms with Crippen LogP contribution in [0.2, 0.25) is 5.02 Å². The number of halogens is 1. The van der Waals surface area contributed by atoms with Crippen molar-refractivity contribution in [3.63, 3.8) is 0 Å². The second-order valence-electron chi connectivity index (χ2n) is 5.57. The van der Waals surface area contributed by atoms with E-state index in [9.17, 15) is 9.59 Å². The average molecular weight is 334 g/mol. The third kappa shape index (κ3) is 3.07. The molecule has 23 heavy (non-hydrogen) atoms. The zero-order valence-electron chi connectivity index (χ0n) is 12.8. The lowest BCUT2D eigenvalue weighted by Gasteiger charge is -2.17. The highest BCUT2D eigenvalue weighted by atomic mass is 35.5. The van der Waals surface area contributed by atoms with E-state index in [2.05, 4.69) is 10.5 Å². The maximum Gasteiger partial charge on any atom is 0.229 e. The van der Waals surface area contributed by atoms with Gasteiger partial charge in [0, 0.05) is 23.7 Å². The molecule has 1 aromatic heterocycles. The lowest BCUT2D eigenvalue weighted by Crippen LogP contribution is -2.28. The number of aryl methyl sites for hydroxylation is 2. The van der Waals surface area contributed by atoms with Gasteiger partial charge in [-0.05, 0) is 32.0 Å². The van der Waals surface area contributed by atoms with Crippen molar-refractivity contribution in [2.45, 2.75) is 20.3 Å². The van der Waals surface area contributed by atoms with Crippen LogP contribution in [-0.4, -0.2) is 23.5 Å². The normalized spacial score (nSPS) is 17.6. The van der Waals surface area contributed by atoms with Crippen molar-refractivity contribution in [1.29, 1.82) is 0 Å². The van der Waals surface area contributed by atoms with Gasteiger partial charge in [-0.15, -0.1) is 0 Å². The lowest BCUT2D eigenvalue weighted by molar-refractivity contribution is -0.122. The monoisotopic (exact) mass is 333 g/mol. The van der Waals surface area contributed by atoms with Gasteiger partial charge in [-0.25, -0.2) is 0 Å². The summed E-state index contributed by atoms with van der Waals surface area (Å²) in [5.41, 5.74) is 1.89. The zero-order valence-corrected chi connectivity index (χ0v) is 13.6. The molecule has 3 rings (SSSR count). The fourth-order valence-electron chi connectivity index (χ4n) is 2.66. The summed E-state index contributed by atoms with van der Waals surface area (Å²) in [5, 5.41) is 7.16. The fraction of sp³-hybridized carbons (Fsp3) is 0.312. The first-order valence-corrected chi connectivity index (χ1v) is 7.63. The van der Waals surface area contributed by atoms with E-state index in [0.29, 0.717) is 34.4 Å². The zero-order chi connectivity index (χ0) is 16.6. The number of hydrogen-bond acceptors (Lipinski definition) is 4. The van der Waals surface area contributed by atoms with Crippen LogP contribution in [0.25, 0.3) is 0 Å². The molecule has 1 aliphatic heterocycles. The predicted molar refractivity (Wildman–Crippen MR) is 86.5 cm³/mol. The van der Waals surface area contributed by atoms with Gasteiger partial charge in [0.2, 0.25) is 11.8 Å². The highest BCUT2D eigenvalue weighted by Gasteiger charge is 2.35. The van der Waals surface area contributed by atoms with Crippen LogP contribution in [0.1, 0.15) is 17.9 Å². The molecule has 2 aromatic rings. The van der Waals surface area contributed by atoms with Crippen molar-refractivity contribution in [1.82, 2.24) is 5.16 Å². The molecular weight excluding hydrogens is 318 g/mol. The quantitative estimate of drug-likeness (QED) is 0.937. The van der Waals surface area contributed by atoms with Crippen molar-refractivity contribution in [2.75, 3.05) is 16.8 Å². The van der Waals surface area contributed by atoms with Gasteiger partial charge in [0.15, 0.2) is 5.76 Å². The molecule has 6 nitrogen and oxygen atoms in total. The van der Waals surface area contributed by atoms with Crippen molar-refractivity contribution < 1.29 is 14.1 Å². The summed E-state index contributed by atoms with van der Waals surface area (Å²) in [4.78, 5) is 26.2. The minimum absolute atomic E-state index is 0.0915. The molecule has 7 heteroatoms. The van der Waals surface area contributed by atoms with Gasteiger partial charge in [-0.1, -0.05) is 22.8 Å². The maximum absolute atomic E-state index is 12.4. The molecule has 120 valence electrons. The maximum atomic E-state index is 12.4. The summed E-state index contributed by atoms with van der Waals surface area (Å²) in [5.74, 6) is -0.175. The van der Waals surface area contributed by atoms with Gasteiger partial charge in [0.25, 0.3) is 0 Å². The van der Waals surface area contributed by atoms with E-state index in [1.54, 1.807) is 43.0 Å². The van der Waals surface area contributed by atoms with E-state index in [-0.39, 0.29) is 18.2 Å². The highest BCUT2D eigenvalue weighted by molar-refractivity contribution is 6.31. The molecule has 0 spiro atoms. The predicted octanol–water partition coefficient (Wildman–Crippen LogP) is 2.94. The smallest absolute Gasteiger partial charge is 0.229 e. The number of nitrogens with one attached hydrogen (secondary N) is 1. The standard InChI is InChI=1S/C16H16ClN3O3/c1-9-15(10(2)23-19-9)18-16(22)11-6-14(21)20(8-11)13-5-3-4-12(17)7-13/h3-5,7,11H,6,8H2,1-2H3,(H,18,22)/t11-/m1/s1. The minimum atomic E-state index is -0.421. The third-order valence-electron chi connectivity index (χ3n) is 3.90. The molecule has 0 bridgehead atoms. The van der Waals surface area contributed by atoms with Crippen LogP contribution in [0.4, 0.5) is 11.4 Å². The number of hydrogen-bond donors (Lipinski definition) is 1. The Kier molecular flexibility index (Phi) is 4.09. The molecule has 2 heterocycles. The first-order chi connectivity index (χ1) is 11.0. The van der Waals surface area contributed by atoms with Gasteiger partial charge in [-0.2, -0.15) is 0 Å². The van der Waals surface area contributed by atoms with Crippen LogP contribution in [0, 0.1) is 19.8 Å². The molecule has 0 aliphatic carbocycles. The Balaban J connectivity index is 1.73. The number of amides is 2. The lowest BCUT2D eigenvalue weighted by atomic mass is 10.1. The van der Waals surface area contributed by atoms with Gasteiger partial charge in [0.05, 0.1) is 5.92 Å². The van der Waals surface area contributed by atoms with E-state index in [1.807, 2.05) is 0 Å². The van der Waals surface area contributed by atoms with E-state index in [4.69, 9.17) is 16.1 Å². The highest BCUT2D eigenvalue weighted by Crippen LogP contribution is 2.28. The third-order valence-corrected chi connectivity index (χ3v) is 4.13. The fourth-order valence-corrected chi connectivity index (χ4v) is 2.85. The molecule has 0 unspecified atom stereocenters. The molecule has 0 radical (unpaired) electrons. The van der Waals surface area contributed by atoms with E-state index < -0.39 is 5.92 Å². The Morgan fingerprint density at radius 1 is 1.43 bits per heavy atom. The molecular formula is C16H16ClN3O3. The van der Waals surface area contributed by atoms with Crippen molar-refractivity contribution in [2.24, 2.45) is 5.92 Å². The van der Waals surface area contributed by atoms with Gasteiger partial charge < -0.3 is 14.7 Å². The van der Waals surface area contributed by atoms with Crippen LogP contribution in [0.5, 0.6) is 0 Å². The van der Waals surface area contributed by atoms with Crippen LogP contribution in [-0.2, 0) is 9.59 Å². The van der Waals surface area contributed by atoms with E-state index in [1.165, 1.54) is 0 Å². The van der Waals surface area contributed by atoms with Crippen molar-refractivity contribution in [3.05, 3.63) is 40.7 Å². The molecule has 1 N–H and O–H groups in total. The molecule has 2 amide bonds. The largest absolute Gasteiger partial charge is 0.359 e. The molecule has 1 aliphatic rings. The van der Waals surface area contributed by atoms with E-state index >= 15 is 0 Å². The van der Waals surface area contributed by atoms with Crippen LogP contribution in [0.15, 0.2) is 28.8 Å². The van der Waals surface area contributed by atoms with E-state index in [0.717, 1.165) is 0 Å². The second kappa shape index (κ2) is 6.04. The number of rotatable bonds is 3. The van der Waals surface area contributed by atoms with Gasteiger partial charge >= 0.3 is 0 Å².